The first-order chi connectivity index (χ1) is 9.12. The van der Waals surface area contributed by atoms with Crippen molar-refractivity contribution in [1.82, 2.24) is 5.32 Å². The summed E-state index contributed by atoms with van der Waals surface area (Å²) in [6, 6.07) is 9.63. The Hall–Kier alpha value is -1.61. The highest BCUT2D eigenvalue weighted by molar-refractivity contribution is 5.98. The first-order valence-corrected chi connectivity index (χ1v) is 6.88. The smallest absolute Gasteiger partial charge is 0.244 e. The van der Waals surface area contributed by atoms with E-state index in [0.29, 0.717) is 0 Å². The molecule has 1 amide bonds. The SMILES string of the molecule is C=C(C)CCC1(C(=O)Nc2ccccc2)CCCN1. The fraction of sp³-hybridized carbons (Fsp3) is 0.438. The summed E-state index contributed by atoms with van der Waals surface area (Å²) in [6.07, 6.45) is 3.66. The maximum Gasteiger partial charge on any atom is 0.244 e. The van der Waals surface area contributed by atoms with Gasteiger partial charge in [-0.15, -0.1) is 6.58 Å². The number of amides is 1. The van der Waals surface area contributed by atoms with Crippen LogP contribution in [0.4, 0.5) is 5.69 Å². The molecule has 0 aliphatic carbocycles. The van der Waals surface area contributed by atoms with Crippen molar-refractivity contribution in [3.63, 3.8) is 0 Å². The summed E-state index contributed by atoms with van der Waals surface area (Å²) in [5.74, 6) is 0.0810. The van der Waals surface area contributed by atoms with Gasteiger partial charge in [0.05, 0.1) is 5.54 Å². The van der Waals surface area contributed by atoms with E-state index in [1.165, 1.54) is 0 Å². The van der Waals surface area contributed by atoms with Crippen molar-refractivity contribution in [2.45, 2.75) is 38.1 Å². The Balaban J connectivity index is 2.06. The van der Waals surface area contributed by atoms with Crippen molar-refractivity contribution in [2.75, 3.05) is 11.9 Å². The Morgan fingerprint density at radius 3 is 2.74 bits per heavy atom. The molecule has 3 nitrogen and oxygen atoms in total. The van der Waals surface area contributed by atoms with Crippen molar-refractivity contribution in [3.8, 4) is 0 Å². The first-order valence-electron chi connectivity index (χ1n) is 6.88. The molecule has 1 unspecified atom stereocenters. The number of carbonyl (C=O) groups excluding carboxylic acids is 1. The molecule has 102 valence electrons. The lowest BCUT2D eigenvalue weighted by Gasteiger charge is -2.28. The third-order valence-corrected chi connectivity index (χ3v) is 3.69. The lowest BCUT2D eigenvalue weighted by Crippen LogP contribution is -2.50. The van der Waals surface area contributed by atoms with E-state index in [1.54, 1.807) is 0 Å². The van der Waals surface area contributed by atoms with E-state index in [-0.39, 0.29) is 5.91 Å². The fourth-order valence-corrected chi connectivity index (χ4v) is 2.53. The van der Waals surface area contributed by atoms with Crippen LogP contribution in [-0.4, -0.2) is 18.0 Å². The van der Waals surface area contributed by atoms with Crippen molar-refractivity contribution < 1.29 is 4.79 Å². The van der Waals surface area contributed by atoms with E-state index in [9.17, 15) is 4.79 Å². The predicted molar refractivity (Wildman–Crippen MR) is 79.1 cm³/mol. The standard InChI is InChI=1S/C16H22N2O/c1-13(2)9-11-16(10-6-12-17-16)15(19)18-14-7-4-3-5-8-14/h3-5,7-8,17H,1,6,9-12H2,2H3,(H,18,19). The second-order valence-electron chi connectivity index (χ2n) is 5.39. The fourth-order valence-electron chi connectivity index (χ4n) is 2.53. The van der Waals surface area contributed by atoms with Gasteiger partial charge in [0.1, 0.15) is 0 Å². The van der Waals surface area contributed by atoms with Gasteiger partial charge in [0.15, 0.2) is 0 Å². The minimum absolute atomic E-state index is 0.0810. The molecule has 0 spiro atoms. The van der Waals surface area contributed by atoms with Gasteiger partial charge in [-0.05, 0) is 51.3 Å². The van der Waals surface area contributed by atoms with Crippen LogP contribution in [0.25, 0.3) is 0 Å². The van der Waals surface area contributed by atoms with E-state index >= 15 is 0 Å². The summed E-state index contributed by atoms with van der Waals surface area (Å²) in [6.45, 7) is 6.86. The zero-order valence-electron chi connectivity index (χ0n) is 11.5. The number of hydrogen-bond acceptors (Lipinski definition) is 2. The molecule has 0 aromatic heterocycles. The van der Waals surface area contributed by atoms with Gasteiger partial charge >= 0.3 is 0 Å². The molecule has 0 bridgehead atoms. The number of allylic oxidation sites excluding steroid dienone is 1. The lowest BCUT2D eigenvalue weighted by molar-refractivity contribution is -0.122. The number of nitrogens with one attached hydrogen (secondary N) is 2. The largest absolute Gasteiger partial charge is 0.324 e. The molecule has 3 heteroatoms. The normalized spacial score (nSPS) is 22.2. The Bertz CT molecular complexity index is 447. The molecule has 19 heavy (non-hydrogen) atoms. The van der Waals surface area contributed by atoms with Crippen LogP contribution in [-0.2, 0) is 4.79 Å². The van der Waals surface area contributed by atoms with E-state index in [4.69, 9.17) is 0 Å². The molecule has 1 saturated heterocycles. The van der Waals surface area contributed by atoms with Gasteiger partial charge in [-0.3, -0.25) is 4.79 Å². The van der Waals surface area contributed by atoms with Gasteiger partial charge in [0, 0.05) is 5.69 Å². The highest BCUT2D eigenvalue weighted by Gasteiger charge is 2.40. The molecule has 1 fully saturated rings. The van der Waals surface area contributed by atoms with Crippen molar-refractivity contribution in [1.29, 1.82) is 0 Å². The maximum absolute atomic E-state index is 12.5. The van der Waals surface area contributed by atoms with E-state index in [2.05, 4.69) is 17.2 Å². The quantitative estimate of drug-likeness (QED) is 0.797. The molecule has 1 aromatic carbocycles. The average Bonchev–Trinajstić information content (AvgIpc) is 2.87. The number of anilines is 1. The predicted octanol–water partition coefficient (Wildman–Crippen LogP) is 3.10. The highest BCUT2D eigenvalue weighted by atomic mass is 16.2. The minimum atomic E-state index is -0.422. The Labute approximate surface area is 115 Å². The highest BCUT2D eigenvalue weighted by Crippen LogP contribution is 2.27. The molecular weight excluding hydrogens is 236 g/mol. The van der Waals surface area contributed by atoms with Crippen LogP contribution in [0.2, 0.25) is 0 Å². The third-order valence-electron chi connectivity index (χ3n) is 3.69. The van der Waals surface area contributed by atoms with Crippen molar-refractivity contribution >= 4 is 11.6 Å². The van der Waals surface area contributed by atoms with Crippen molar-refractivity contribution in [2.24, 2.45) is 0 Å². The van der Waals surface area contributed by atoms with Gasteiger partial charge in [-0.25, -0.2) is 0 Å². The number of hydrogen-bond donors (Lipinski definition) is 2. The molecule has 2 rings (SSSR count). The average molecular weight is 258 g/mol. The summed E-state index contributed by atoms with van der Waals surface area (Å²) in [5, 5.41) is 6.41. The van der Waals surface area contributed by atoms with Crippen LogP contribution in [0, 0.1) is 0 Å². The number of para-hydroxylation sites is 1. The number of benzene rings is 1. The Kier molecular flexibility index (Phi) is 4.38. The molecule has 1 aliphatic heterocycles. The molecule has 0 saturated carbocycles. The van der Waals surface area contributed by atoms with Gasteiger partial charge in [0.2, 0.25) is 5.91 Å². The van der Waals surface area contributed by atoms with Crippen molar-refractivity contribution in [3.05, 3.63) is 42.5 Å². The summed E-state index contributed by atoms with van der Waals surface area (Å²) in [4.78, 5) is 12.5. The van der Waals surface area contributed by atoms with Gasteiger partial charge in [0.25, 0.3) is 0 Å². The lowest BCUT2D eigenvalue weighted by atomic mass is 9.89. The molecule has 0 radical (unpaired) electrons. The van der Waals surface area contributed by atoms with E-state index < -0.39 is 5.54 Å². The second-order valence-corrected chi connectivity index (χ2v) is 5.39. The maximum atomic E-state index is 12.5. The number of rotatable bonds is 5. The van der Waals surface area contributed by atoms with Crippen LogP contribution in [0.3, 0.4) is 0 Å². The summed E-state index contributed by atoms with van der Waals surface area (Å²) >= 11 is 0. The molecule has 2 N–H and O–H groups in total. The summed E-state index contributed by atoms with van der Waals surface area (Å²) in [7, 11) is 0. The summed E-state index contributed by atoms with van der Waals surface area (Å²) < 4.78 is 0. The van der Waals surface area contributed by atoms with E-state index in [0.717, 1.165) is 43.5 Å². The molecule has 1 aliphatic rings. The zero-order chi connectivity index (χ0) is 13.7. The topological polar surface area (TPSA) is 41.1 Å². The zero-order valence-corrected chi connectivity index (χ0v) is 11.5. The Morgan fingerprint density at radius 1 is 1.42 bits per heavy atom. The van der Waals surface area contributed by atoms with Crippen LogP contribution < -0.4 is 10.6 Å². The minimum Gasteiger partial charge on any atom is -0.324 e. The summed E-state index contributed by atoms with van der Waals surface area (Å²) in [5.41, 5.74) is 1.56. The van der Waals surface area contributed by atoms with Crippen LogP contribution >= 0.6 is 0 Å². The first kappa shape index (κ1) is 13.8. The molecule has 1 heterocycles. The van der Waals surface area contributed by atoms with Gasteiger partial charge in [-0.1, -0.05) is 23.8 Å². The Morgan fingerprint density at radius 2 is 2.16 bits per heavy atom. The van der Waals surface area contributed by atoms with Crippen LogP contribution in [0.1, 0.15) is 32.6 Å². The van der Waals surface area contributed by atoms with Crippen LogP contribution in [0.5, 0.6) is 0 Å². The monoisotopic (exact) mass is 258 g/mol. The van der Waals surface area contributed by atoms with E-state index in [1.807, 2.05) is 37.3 Å². The van der Waals surface area contributed by atoms with Gasteiger partial charge in [-0.2, -0.15) is 0 Å². The molecule has 1 atom stereocenters. The van der Waals surface area contributed by atoms with Crippen LogP contribution in [0.15, 0.2) is 42.5 Å². The third kappa shape index (κ3) is 3.44. The van der Waals surface area contributed by atoms with Gasteiger partial charge < -0.3 is 10.6 Å². The molecule has 1 aromatic rings. The second kappa shape index (κ2) is 6.02. The number of carbonyl (C=O) groups is 1. The molecular formula is C16H22N2O.